The van der Waals surface area contributed by atoms with Gasteiger partial charge in [-0.2, -0.15) is 0 Å². The van der Waals surface area contributed by atoms with Gasteiger partial charge in [-0.15, -0.1) is 24.8 Å². The van der Waals surface area contributed by atoms with Crippen molar-refractivity contribution in [1.29, 1.82) is 0 Å². The summed E-state index contributed by atoms with van der Waals surface area (Å²) in [6, 6.07) is 4.74. The summed E-state index contributed by atoms with van der Waals surface area (Å²) in [5.41, 5.74) is 11.5. The minimum Gasteiger partial charge on any atom is -0.481 e. The minimum absolute atomic E-state index is 0. The molecule has 0 aliphatic carbocycles. The van der Waals surface area contributed by atoms with Gasteiger partial charge in [-0.1, -0.05) is 30.3 Å². The molecule has 34 heavy (non-hydrogen) atoms. The third kappa shape index (κ3) is 10.9. The Kier molecular flexibility index (Phi) is 17.5. The Morgan fingerprint density at radius 1 is 0.941 bits per heavy atom. The zero-order valence-electron chi connectivity index (χ0n) is 18.3. The third-order valence-electron chi connectivity index (χ3n) is 4.83. The molecule has 0 aliphatic heterocycles. The number of benzene rings is 1. The zero-order valence-corrected chi connectivity index (χ0v) is 20.0. The van der Waals surface area contributed by atoms with Crippen LogP contribution in [0.2, 0.25) is 0 Å². The van der Waals surface area contributed by atoms with Gasteiger partial charge >= 0.3 is 5.97 Å². The fourth-order valence-corrected chi connectivity index (χ4v) is 2.95. The van der Waals surface area contributed by atoms with Crippen molar-refractivity contribution in [3.8, 4) is 0 Å². The van der Waals surface area contributed by atoms with Crippen molar-refractivity contribution in [2.75, 3.05) is 13.2 Å². The standard InChI is InChI=1S/C20H32N4O8.2ClH/c21-8-4-7-12(22)19(31)24-14(10-25)16(28)17(29)18(30)20(32)23-13(9-15(26)27)11-5-2-1-3-6-11;;/h1-3,5-6,12-14,16-18,25,28-30H,4,7-10,21-22H2,(H,23,32)(H,24,31)(H,26,27);2*1H/t12-,13+,14+,16-,17-,18+;;/m1../s1. The molecule has 1 aromatic rings. The molecule has 0 spiro atoms. The second-order valence-electron chi connectivity index (χ2n) is 7.33. The molecule has 0 radical (unpaired) electrons. The van der Waals surface area contributed by atoms with Gasteiger partial charge in [0.25, 0.3) is 5.91 Å². The van der Waals surface area contributed by atoms with Gasteiger partial charge in [-0.05, 0) is 24.9 Å². The van der Waals surface area contributed by atoms with E-state index in [-0.39, 0.29) is 31.2 Å². The Morgan fingerprint density at radius 2 is 1.53 bits per heavy atom. The van der Waals surface area contributed by atoms with Crippen molar-refractivity contribution in [1.82, 2.24) is 10.6 Å². The number of rotatable bonds is 14. The molecular weight excluding hydrogens is 495 g/mol. The monoisotopic (exact) mass is 528 g/mol. The van der Waals surface area contributed by atoms with E-state index in [0.717, 1.165) is 0 Å². The van der Waals surface area contributed by atoms with Crippen molar-refractivity contribution >= 4 is 42.6 Å². The molecule has 196 valence electrons. The number of carbonyl (C=O) groups excluding carboxylic acids is 2. The smallest absolute Gasteiger partial charge is 0.305 e. The maximum atomic E-state index is 12.4. The van der Waals surface area contributed by atoms with E-state index in [1.54, 1.807) is 30.3 Å². The van der Waals surface area contributed by atoms with Crippen LogP contribution in [0.25, 0.3) is 0 Å². The summed E-state index contributed by atoms with van der Waals surface area (Å²) >= 11 is 0. The van der Waals surface area contributed by atoms with Crippen LogP contribution in [0.1, 0.15) is 30.9 Å². The lowest BCUT2D eigenvalue weighted by Crippen LogP contribution is -2.58. The molecule has 0 aliphatic rings. The van der Waals surface area contributed by atoms with Gasteiger partial charge in [-0.3, -0.25) is 14.4 Å². The van der Waals surface area contributed by atoms with Crippen LogP contribution in [-0.2, 0) is 14.4 Å². The zero-order chi connectivity index (χ0) is 24.3. The van der Waals surface area contributed by atoms with Gasteiger partial charge in [0.2, 0.25) is 5.91 Å². The summed E-state index contributed by atoms with van der Waals surface area (Å²) in [4.78, 5) is 35.6. The summed E-state index contributed by atoms with van der Waals surface area (Å²) in [6.45, 7) is -0.494. The number of hydrogen-bond acceptors (Lipinski definition) is 9. The molecule has 0 saturated carbocycles. The summed E-state index contributed by atoms with van der Waals surface area (Å²) in [6.07, 6.45) is -5.97. The molecule has 0 heterocycles. The van der Waals surface area contributed by atoms with Gasteiger partial charge in [0.1, 0.15) is 12.2 Å². The molecule has 1 rings (SSSR count). The molecule has 0 unspecified atom stereocenters. The lowest BCUT2D eigenvalue weighted by atomic mass is 9.98. The predicted octanol–water partition coefficient (Wildman–Crippen LogP) is -2.21. The molecule has 2 amide bonds. The number of aliphatic hydroxyl groups is 4. The first kappa shape index (κ1) is 34.1. The van der Waals surface area contributed by atoms with E-state index in [0.29, 0.717) is 18.5 Å². The second-order valence-corrected chi connectivity index (χ2v) is 7.33. The first-order valence-corrected chi connectivity index (χ1v) is 10.1. The lowest BCUT2D eigenvalue weighted by Gasteiger charge is -2.30. The highest BCUT2D eigenvalue weighted by Crippen LogP contribution is 2.17. The van der Waals surface area contributed by atoms with Crippen molar-refractivity contribution < 1.29 is 39.9 Å². The Balaban J connectivity index is 0. The van der Waals surface area contributed by atoms with Gasteiger partial charge in [0.15, 0.2) is 6.10 Å². The van der Waals surface area contributed by atoms with Gasteiger partial charge in [0.05, 0.1) is 31.2 Å². The predicted molar refractivity (Wildman–Crippen MR) is 127 cm³/mol. The molecule has 0 fully saturated rings. The van der Waals surface area contributed by atoms with Crippen LogP contribution in [0, 0.1) is 0 Å². The number of carbonyl (C=O) groups is 3. The molecule has 1 aromatic carbocycles. The van der Waals surface area contributed by atoms with Crippen LogP contribution in [0.5, 0.6) is 0 Å². The Hall–Kier alpha value is -2.03. The molecular formula is C20H34Cl2N4O8. The average Bonchev–Trinajstić information content (AvgIpc) is 2.78. The fraction of sp³-hybridized carbons (Fsp3) is 0.550. The molecule has 0 bridgehead atoms. The number of carboxylic acid groups (broad SMARTS) is 1. The van der Waals surface area contributed by atoms with Crippen LogP contribution in [0.15, 0.2) is 30.3 Å². The van der Waals surface area contributed by atoms with Gasteiger partial charge in [-0.25, -0.2) is 0 Å². The highest BCUT2D eigenvalue weighted by atomic mass is 35.5. The Morgan fingerprint density at radius 3 is 2.03 bits per heavy atom. The van der Waals surface area contributed by atoms with E-state index in [1.807, 2.05) is 0 Å². The second kappa shape index (κ2) is 17.4. The average molecular weight is 529 g/mol. The minimum atomic E-state index is -2.18. The van der Waals surface area contributed by atoms with Crippen molar-refractivity contribution in [2.24, 2.45) is 11.5 Å². The topological polar surface area (TPSA) is 228 Å². The number of nitrogens with two attached hydrogens (primary N) is 2. The number of halogens is 2. The fourth-order valence-electron chi connectivity index (χ4n) is 2.95. The van der Waals surface area contributed by atoms with E-state index in [1.165, 1.54) is 0 Å². The summed E-state index contributed by atoms with van der Waals surface area (Å²) in [5, 5.41) is 53.8. The van der Waals surface area contributed by atoms with Crippen molar-refractivity contribution in [3.05, 3.63) is 35.9 Å². The Labute approximate surface area is 209 Å². The van der Waals surface area contributed by atoms with Crippen LogP contribution >= 0.6 is 24.8 Å². The maximum absolute atomic E-state index is 12.4. The number of carboxylic acids is 1. The molecule has 12 nitrogen and oxygen atoms in total. The number of aliphatic carboxylic acids is 1. The number of hydrogen-bond donors (Lipinski definition) is 9. The van der Waals surface area contributed by atoms with Crippen LogP contribution in [0.3, 0.4) is 0 Å². The van der Waals surface area contributed by atoms with Crippen LogP contribution in [0.4, 0.5) is 0 Å². The van der Waals surface area contributed by atoms with Gasteiger partial charge < -0.3 is 47.6 Å². The van der Waals surface area contributed by atoms with Crippen LogP contribution < -0.4 is 22.1 Å². The summed E-state index contributed by atoms with van der Waals surface area (Å²) in [7, 11) is 0. The molecule has 14 heteroatoms. The SMILES string of the molecule is Cl.Cl.NCCC[C@@H](N)C(=O)N[C@@H](CO)[C@@H](O)[C@@H](O)[C@H](O)C(=O)N[C@@H](CC(=O)O)c1ccccc1. The van der Waals surface area contributed by atoms with E-state index >= 15 is 0 Å². The first-order valence-electron chi connectivity index (χ1n) is 10.1. The van der Waals surface area contributed by atoms with Crippen molar-refractivity contribution in [2.45, 2.75) is 55.7 Å². The maximum Gasteiger partial charge on any atom is 0.305 e. The first-order chi connectivity index (χ1) is 15.1. The van der Waals surface area contributed by atoms with E-state index in [2.05, 4.69) is 10.6 Å². The number of amides is 2. The molecule has 6 atom stereocenters. The Bertz CT molecular complexity index is 747. The summed E-state index contributed by atoms with van der Waals surface area (Å²) < 4.78 is 0. The van der Waals surface area contributed by atoms with E-state index in [4.69, 9.17) is 16.6 Å². The van der Waals surface area contributed by atoms with Crippen LogP contribution in [-0.4, -0.2) is 86.9 Å². The highest BCUT2D eigenvalue weighted by molar-refractivity contribution is 5.85. The van der Waals surface area contributed by atoms with E-state index < -0.39 is 67.2 Å². The summed E-state index contributed by atoms with van der Waals surface area (Å²) in [5.74, 6) is -3.06. The quantitative estimate of drug-likeness (QED) is 0.126. The van der Waals surface area contributed by atoms with E-state index in [9.17, 15) is 34.8 Å². The highest BCUT2D eigenvalue weighted by Gasteiger charge is 2.37. The molecule has 11 N–H and O–H groups in total. The normalized spacial score (nSPS) is 15.8. The molecule has 0 aromatic heterocycles. The van der Waals surface area contributed by atoms with Gasteiger partial charge in [0, 0.05) is 0 Å². The number of nitrogens with one attached hydrogen (secondary N) is 2. The van der Waals surface area contributed by atoms with Crippen molar-refractivity contribution in [3.63, 3.8) is 0 Å². The lowest BCUT2D eigenvalue weighted by molar-refractivity contribution is -0.145. The largest absolute Gasteiger partial charge is 0.481 e. The number of aliphatic hydroxyl groups excluding tert-OH is 4. The third-order valence-corrected chi connectivity index (χ3v) is 4.83. The molecule has 0 saturated heterocycles.